The van der Waals surface area contributed by atoms with Crippen LogP contribution >= 0.6 is 11.3 Å². The second kappa shape index (κ2) is 5.41. The number of sulfonamides is 1. The highest BCUT2D eigenvalue weighted by atomic mass is 32.2. The van der Waals surface area contributed by atoms with E-state index in [1.807, 2.05) is 0 Å². The maximum atomic E-state index is 12.1. The molecule has 0 aliphatic heterocycles. The fourth-order valence-corrected chi connectivity index (χ4v) is 4.17. The minimum absolute atomic E-state index is 0.146. The number of aliphatic hydroxyl groups excluding tert-OH is 1. The second-order valence-corrected chi connectivity index (χ2v) is 7.17. The molecule has 6 nitrogen and oxygen atoms in total. The molecule has 0 unspecified atom stereocenters. The summed E-state index contributed by atoms with van der Waals surface area (Å²) in [7, 11) is -1.80. The van der Waals surface area contributed by atoms with Crippen molar-refractivity contribution in [2.45, 2.75) is 25.0 Å². The number of rotatable bonds is 5. The Balaban J connectivity index is 2.15. The Bertz CT molecular complexity index is 673. The zero-order valence-corrected chi connectivity index (χ0v) is 12.3. The van der Waals surface area contributed by atoms with Crippen LogP contribution in [0.15, 0.2) is 23.2 Å². The fraction of sp³-hybridized carbons (Fsp3) is 0.364. The quantitative estimate of drug-likeness (QED) is 0.854. The van der Waals surface area contributed by atoms with Crippen molar-refractivity contribution in [1.29, 1.82) is 0 Å². The normalized spacial score (nSPS) is 11.9. The van der Waals surface area contributed by atoms with Gasteiger partial charge < -0.3 is 5.11 Å². The summed E-state index contributed by atoms with van der Waals surface area (Å²) < 4.78 is 28.4. The molecule has 0 spiro atoms. The zero-order valence-electron chi connectivity index (χ0n) is 10.6. The smallest absolute Gasteiger partial charge is 0.242 e. The summed E-state index contributed by atoms with van der Waals surface area (Å²) >= 11 is 1.28. The lowest BCUT2D eigenvalue weighted by Crippen LogP contribution is -2.23. The van der Waals surface area contributed by atoms with Crippen LogP contribution in [-0.2, 0) is 30.2 Å². The first-order valence-electron chi connectivity index (χ1n) is 5.61. The van der Waals surface area contributed by atoms with Crippen LogP contribution in [0.2, 0.25) is 0 Å². The van der Waals surface area contributed by atoms with Gasteiger partial charge in [-0.15, -0.1) is 11.3 Å². The first kappa shape index (κ1) is 14.2. The van der Waals surface area contributed by atoms with E-state index in [-0.39, 0.29) is 18.0 Å². The molecule has 19 heavy (non-hydrogen) atoms. The third kappa shape index (κ3) is 3.21. The molecule has 0 aromatic carbocycles. The molecule has 0 bridgehead atoms. The topological polar surface area (TPSA) is 84.2 Å². The van der Waals surface area contributed by atoms with Crippen molar-refractivity contribution >= 4 is 21.4 Å². The number of nitrogens with one attached hydrogen (secondary N) is 1. The van der Waals surface area contributed by atoms with Crippen molar-refractivity contribution in [3.05, 3.63) is 33.8 Å². The highest BCUT2D eigenvalue weighted by Gasteiger charge is 2.19. The molecule has 0 fully saturated rings. The lowest BCUT2D eigenvalue weighted by molar-refractivity contribution is 0.285. The Kier molecular flexibility index (Phi) is 4.04. The van der Waals surface area contributed by atoms with Crippen LogP contribution in [0.5, 0.6) is 0 Å². The van der Waals surface area contributed by atoms with Gasteiger partial charge in [0.2, 0.25) is 10.0 Å². The largest absolute Gasteiger partial charge is 0.391 e. The minimum atomic E-state index is -3.57. The number of aliphatic hydroxyl groups is 1. The zero-order chi connectivity index (χ0) is 14.0. The van der Waals surface area contributed by atoms with E-state index in [9.17, 15) is 8.42 Å². The standard InChI is InChI=1S/C11H15N3O3S2/c1-8-11(5-10(7-15)18-8)19(16,17)12-6-9-3-4-14(2)13-9/h3-5,12,15H,6-7H2,1-2H3. The lowest BCUT2D eigenvalue weighted by Gasteiger charge is -2.04. The molecule has 0 aliphatic rings. The van der Waals surface area contributed by atoms with Crippen LogP contribution in [-0.4, -0.2) is 23.3 Å². The molecule has 0 amide bonds. The van der Waals surface area contributed by atoms with Crippen LogP contribution in [0.1, 0.15) is 15.4 Å². The van der Waals surface area contributed by atoms with Crippen molar-refractivity contribution in [1.82, 2.24) is 14.5 Å². The van der Waals surface area contributed by atoms with Crippen molar-refractivity contribution in [2.75, 3.05) is 0 Å². The van der Waals surface area contributed by atoms with Crippen LogP contribution in [0.3, 0.4) is 0 Å². The Morgan fingerprint density at radius 1 is 1.53 bits per heavy atom. The van der Waals surface area contributed by atoms with Gasteiger partial charge in [-0.2, -0.15) is 5.10 Å². The van der Waals surface area contributed by atoms with E-state index in [4.69, 9.17) is 5.11 Å². The third-order valence-corrected chi connectivity index (χ3v) is 5.27. The van der Waals surface area contributed by atoms with Gasteiger partial charge in [-0.05, 0) is 19.1 Å². The molecule has 104 valence electrons. The molecule has 8 heteroatoms. The van der Waals surface area contributed by atoms with Crippen molar-refractivity contribution in [3.8, 4) is 0 Å². The summed E-state index contributed by atoms with van der Waals surface area (Å²) in [5.41, 5.74) is 0.654. The molecule has 0 saturated heterocycles. The molecular formula is C11H15N3O3S2. The van der Waals surface area contributed by atoms with E-state index in [2.05, 4.69) is 9.82 Å². The third-order valence-electron chi connectivity index (χ3n) is 2.58. The summed E-state index contributed by atoms with van der Waals surface area (Å²) in [4.78, 5) is 1.52. The van der Waals surface area contributed by atoms with Crippen molar-refractivity contribution < 1.29 is 13.5 Å². The van der Waals surface area contributed by atoms with E-state index in [1.54, 1.807) is 30.9 Å². The van der Waals surface area contributed by atoms with Gasteiger partial charge in [0, 0.05) is 23.0 Å². The second-order valence-electron chi connectivity index (χ2n) is 4.10. The number of hydrogen-bond acceptors (Lipinski definition) is 5. The van der Waals surface area contributed by atoms with Crippen LogP contribution in [0, 0.1) is 6.92 Å². The lowest BCUT2D eigenvalue weighted by atomic mass is 10.4. The van der Waals surface area contributed by atoms with E-state index >= 15 is 0 Å². The summed E-state index contributed by atoms with van der Waals surface area (Å²) in [6.45, 7) is 1.72. The van der Waals surface area contributed by atoms with Gasteiger partial charge in [-0.1, -0.05) is 0 Å². The monoisotopic (exact) mass is 301 g/mol. The van der Waals surface area contributed by atoms with Gasteiger partial charge in [0.1, 0.15) is 0 Å². The molecule has 2 aromatic rings. The van der Waals surface area contributed by atoms with E-state index < -0.39 is 10.0 Å². The number of thiophene rings is 1. The molecule has 2 N–H and O–H groups in total. The predicted octanol–water partition coefficient (Wildman–Crippen LogP) is 0.761. The first-order valence-corrected chi connectivity index (χ1v) is 7.90. The predicted molar refractivity (Wildman–Crippen MR) is 72.2 cm³/mol. The maximum Gasteiger partial charge on any atom is 0.242 e. The number of nitrogens with zero attached hydrogens (tertiary/aromatic N) is 2. The summed E-state index contributed by atoms with van der Waals surface area (Å²) in [5.74, 6) is 0. The molecule has 0 atom stereocenters. The maximum absolute atomic E-state index is 12.1. The van der Waals surface area contributed by atoms with Gasteiger partial charge in [-0.25, -0.2) is 13.1 Å². The Hall–Kier alpha value is -1.22. The highest BCUT2D eigenvalue weighted by molar-refractivity contribution is 7.89. The molecule has 0 radical (unpaired) electrons. The Labute approximate surface area is 115 Å². The Morgan fingerprint density at radius 2 is 2.26 bits per heavy atom. The first-order chi connectivity index (χ1) is 8.92. The average molecular weight is 301 g/mol. The Morgan fingerprint density at radius 3 is 2.79 bits per heavy atom. The van der Waals surface area contributed by atoms with Crippen LogP contribution in [0.25, 0.3) is 0 Å². The van der Waals surface area contributed by atoms with Gasteiger partial charge in [0.15, 0.2) is 0 Å². The van der Waals surface area contributed by atoms with Crippen molar-refractivity contribution in [3.63, 3.8) is 0 Å². The summed E-state index contributed by atoms with van der Waals surface area (Å²) in [6.07, 6.45) is 1.75. The fourth-order valence-electron chi connectivity index (χ4n) is 1.67. The van der Waals surface area contributed by atoms with Gasteiger partial charge in [-0.3, -0.25) is 4.68 Å². The van der Waals surface area contributed by atoms with E-state index in [0.29, 0.717) is 15.4 Å². The molecule has 0 saturated carbocycles. The summed E-state index contributed by atoms with van der Waals surface area (Å²) in [6, 6.07) is 3.25. The average Bonchev–Trinajstić information content (AvgIpc) is 2.93. The van der Waals surface area contributed by atoms with Crippen LogP contribution < -0.4 is 4.72 Å². The van der Waals surface area contributed by atoms with E-state index in [1.165, 1.54) is 17.4 Å². The SMILES string of the molecule is Cc1sc(CO)cc1S(=O)(=O)NCc1ccn(C)n1. The number of aryl methyl sites for hydroxylation is 2. The molecule has 2 rings (SSSR count). The highest BCUT2D eigenvalue weighted by Crippen LogP contribution is 2.25. The number of aromatic nitrogens is 2. The molecular weight excluding hydrogens is 286 g/mol. The van der Waals surface area contributed by atoms with E-state index in [0.717, 1.165) is 0 Å². The minimum Gasteiger partial charge on any atom is -0.391 e. The van der Waals surface area contributed by atoms with Gasteiger partial charge in [0.25, 0.3) is 0 Å². The van der Waals surface area contributed by atoms with Gasteiger partial charge in [0.05, 0.1) is 23.7 Å². The number of hydrogen-bond donors (Lipinski definition) is 2. The van der Waals surface area contributed by atoms with Gasteiger partial charge >= 0.3 is 0 Å². The summed E-state index contributed by atoms with van der Waals surface area (Å²) in [5, 5.41) is 13.1. The molecule has 2 aromatic heterocycles. The van der Waals surface area contributed by atoms with Crippen LogP contribution in [0.4, 0.5) is 0 Å². The molecule has 0 aliphatic carbocycles. The molecule has 2 heterocycles. The van der Waals surface area contributed by atoms with Crippen molar-refractivity contribution in [2.24, 2.45) is 7.05 Å².